The molecule has 2 heterocycles. The van der Waals surface area contributed by atoms with E-state index in [0.29, 0.717) is 0 Å². The molecule has 2 amide bonds. The summed E-state index contributed by atoms with van der Waals surface area (Å²) in [4.78, 5) is 19.6. The van der Waals surface area contributed by atoms with Crippen LogP contribution in [0.4, 0.5) is 4.79 Å². The Morgan fingerprint density at radius 3 is 2.76 bits per heavy atom. The number of aromatic nitrogens is 1. The standard InChI is InChI=1S/C19H25N3O2S/c23-14-10-8-13(9-11-14)20-19(24)22-12-4-3-6-16(22)18-21-15-5-1-2-7-17(15)25-18/h1-2,5,7,13-14,16,23H,3-4,6,8-12H2,(H,20,24)/t13?,14?,16-/m0/s1. The fraction of sp³-hybridized carbons (Fsp3) is 0.579. The fourth-order valence-electron chi connectivity index (χ4n) is 3.94. The summed E-state index contributed by atoms with van der Waals surface area (Å²) in [5.74, 6) is 0. The number of amides is 2. The molecule has 1 aliphatic heterocycles. The van der Waals surface area contributed by atoms with Crippen molar-refractivity contribution < 1.29 is 9.90 Å². The number of fused-ring (bicyclic) bond motifs is 1. The summed E-state index contributed by atoms with van der Waals surface area (Å²) in [5.41, 5.74) is 1.02. The molecule has 0 radical (unpaired) electrons. The first kappa shape index (κ1) is 16.8. The number of aliphatic hydroxyl groups is 1. The highest BCUT2D eigenvalue weighted by atomic mass is 32.1. The first-order valence-electron chi connectivity index (χ1n) is 9.31. The molecule has 25 heavy (non-hydrogen) atoms. The SMILES string of the molecule is O=C(NC1CCC(O)CC1)N1CCCC[C@H]1c1nc2ccccc2s1. The third-order valence-corrected chi connectivity index (χ3v) is 6.52. The molecule has 134 valence electrons. The van der Waals surface area contributed by atoms with Crippen LogP contribution in [0.5, 0.6) is 0 Å². The van der Waals surface area contributed by atoms with Crippen LogP contribution in [0.1, 0.15) is 56.0 Å². The number of nitrogens with zero attached hydrogens (tertiary/aromatic N) is 2. The molecule has 1 saturated heterocycles. The summed E-state index contributed by atoms with van der Waals surface area (Å²) in [7, 11) is 0. The molecule has 1 saturated carbocycles. The summed E-state index contributed by atoms with van der Waals surface area (Å²) in [6.07, 6.45) is 6.28. The summed E-state index contributed by atoms with van der Waals surface area (Å²) >= 11 is 1.71. The number of para-hydroxylation sites is 1. The minimum absolute atomic E-state index is 0.0327. The van der Waals surface area contributed by atoms with E-state index in [2.05, 4.69) is 11.4 Å². The van der Waals surface area contributed by atoms with E-state index in [1.807, 2.05) is 23.1 Å². The summed E-state index contributed by atoms with van der Waals surface area (Å²) in [6, 6.07) is 8.48. The first-order valence-corrected chi connectivity index (χ1v) is 10.1. The van der Waals surface area contributed by atoms with E-state index in [0.717, 1.165) is 62.0 Å². The summed E-state index contributed by atoms with van der Waals surface area (Å²) in [6.45, 7) is 0.793. The summed E-state index contributed by atoms with van der Waals surface area (Å²) < 4.78 is 1.18. The molecule has 1 aromatic heterocycles. The second-order valence-electron chi connectivity index (χ2n) is 7.18. The van der Waals surface area contributed by atoms with Crippen LogP contribution in [0.25, 0.3) is 10.2 Å². The minimum atomic E-state index is -0.196. The molecular formula is C19H25N3O2S. The Morgan fingerprint density at radius 1 is 1.16 bits per heavy atom. The molecule has 2 fully saturated rings. The van der Waals surface area contributed by atoms with Gasteiger partial charge in [-0.15, -0.1) is 11.3 Å². The Hall–Kier alpha value is -1.66. The van der Waals surface area contributed by atoms with Crippen LogP contribution in [-0.4, -0.2) is 39.7 Å². The Labute approximate surface area is 152 Å². The maximum Gasteiger partial charge on any atom is 0.318 e. The number of hydrogen-bond donors (Lipinski definition) is 2. The van der Waals surface area contributed by atoms with Gasteiger partial charge < -0.3 is 15.3 Å². The molecule has 2 N–H and O–H groups in total. The van der Waals surface area contributed by atoms with Crippen molar-refractivity contribution >= 4 is 27.6 Å². The van der Waals surface area contributed by atoms with Crippen molar-refractivity contribution in [1.29, 1.82) is 0 Å². The van der Waals surface area contributed by atoms with Gasteiger partial charge in [-0.25, -0.2) is 9.78 Å². The van der Waals surface area contributed by atoms with Crippen molar-refractivity contribution in [1.82, 2.24) is 15.2 Å². The molecule has 4 rings (SSSR count). The quantitative estimate of drug-likeness (QED) is 0.856. The van der Waals surface area contributed by atoms with Crippen molar-refractivity contribution in [3.63, 3.8) is 0 Å². The van der Waals surface area contributed by atoms with Crippen LogP contribution >= 0.6 is 11.3 Å². The lowest BCUT2D eigenvalue weighted by atomic mass is 9.93. The number of thiazole rings is 1. The lowest BCUT2D eigenvalue weighted by molar-refractivity contribution is 0.110. The maximum atomic E-state index is 12.9. The predicted octanol–water partition coefficient (Wildman–Crippen LogP) is 3.84. The van der Waals surface area contributed by atoms with Crippen molar-refractivity contribution in [2.24, 2.45) is 0 Å². The third-order valence-electron chi connectivity index (χ3n) is 5.38. The number of benzene rings is 1. The molecule has 1 aliphatic carbocycles. The minimum Gasteiger partial charge on any atom is -0.393 e. The van der Waals surface area contributed by atoms with Gasteiger partial charge in [0.05, 0.1) is 22.4 Å². The molecule has 2 aromatic rings. The zero-order valence-electron chi connectivity index (χ0n) is 14.4. The number of carbonyl (C=O) groups is 1. The van der Waals surface area contributed by atoms with Crippen molar-refractivity contribution in [2.75, 3.05) is 6.54 Å². The number of aliphatic hydroxyl groups excluding tert-OH is 1. The maximum absolute atomic E-state index is 12.9. The highest BCUT2D eigenvalue weighted by Gasteiger charge is 2.32. The first-order chi connectivity index (χ1) is 12.2. The largest absolute Gasteiger partial charge is 0.393 e. The zero-order chi connectivity index (χ0) is 17.2. The highest BCUT2D eigenvalue weighted by molar-refractivity contribution is 7.18. The predicted molar refractivity (Wildman–Crippen MR) is 99.7 cm³/mol. The van der Waals surface area contributed by atoms with E-state index >= 15 is 0 Å². The fourth-order valence-corrected chi connectivity index (χ4v) is 5.06. The van der Waals surface area contributed by atoms with Crippen molar-refractivity contribution in [3.05, 3.63) is 29.3 Å². The zero-order valence-corrected chi connectivity index (χ0v) is 15.2. The van der Waals surface area contributed by atoms with Crippen LogP contribution in [0.15, 0.2) is 24.3 Å². The number of rotatable bonds is 2. The highest BCUT2D eigenvalue weighted by Crippen LogP contribution is 2.35. The van der Waals surface area contributed by atoms with Gasteiger partial charge >= 0.3 is 6.03 Å². The topological polar surface area (TPSA) is 65.5 Å². The Kier molecular flexibility index (Phi) is 4.90. The van der Waals surface area contributed by atoms with E-state index in [1.54, 1.807) is 11.3 Å². The summed E-state index contributed by atoms with van der Waals surface area (Å²) in [5, 5.41) is 13.9. The molecule has 0 unspecified atom stereocenters. The number of urea groups is 1. The van der Waals surface area contributed by atoms with Gasteiger partial charge in [0.2, 0.25) is 0 Å². The average molecular weight is 359 g/mol. The van der Waals surface area contributed by atoms with Gasteiger partial charge in [0.25, 0.3) is 0 Å². The van der Waals surface area contributed by atoms with Crippen LogP contribution in [0.3, 0.4) is 0 Å². The molecule has 5 nitrogen and oxygen atoms in total. The second kappa shape index (κ2) is 7.30. The monoisotopic (exact) mass is 359 g/mol. The van der Waals surface area contributed by atoms with Gasteiger partial charge in [-0.2, -0.15) is 0 Å². The van der Waals surface area contributed by atoms with E-state index in [4.69, 9.17) is 4.98 Å². The van der Waals surface area contributed by atoms with E-state index in [-0.39, 0.29) is 24.2 Å². The number of likely N-dealkylation sites (tertiary alicyclic amines) is 1. The van der Waals surface area contributed by atoms with Crippen LogP contribution in [-0.2, 0) is 0 Å². The van der Waals surface area contributed by atoms with E-state index < -0.39 is 0 Å². The number of carbonyl (C=O) groups excluding carboxylic acids is 1. The Morgan fingerprint density at radius 2 is 1.96 bits per heavy atom. The lowest BCUT2D eigenvalue weighted by Crippen LogP contribution is -2.49. The smallest absolute Gasteiger partial charge is 0.318 e. The molecule has 0 bridgehead atoms. The van der Waals surface area contributed by atoms with Crippen molar-refractivity contribution in [2.45, 2.75) is 63.1 Å². The van der Waals surface area contributed by atoms with Gasteiger partial charge in [-0.3, -0.25) is 0 Å². The normalized spacial score (nSPS) is 27.4. The molecular weight excluding hydrogens is 334 g/mol. The molecule has 6 heteroatoms. The molecule has 1 atom stereocenters. The second-order valence-corrected chi connectivity index (χ2v) is 8.24. The van der Waals surface area contributed by atoms with Crippen LogP contribution in [0, 0.1) is 0 Å². The van der Waals surface area contributed by atoms with Crippen LogP contribution in [0.2, 0.25) is 0 Å². The Balaban J connectivity index is 1.49. The third kappa shape index (κ3) is 3.65. The van der Waals surface area contributed by atoms with Crippen molar-refractivity contribution in [3.8, 4) is 0 Å². The van der Waals surface area contributed by atoms with Gasteiger partial charge in [0.15, 0.2) is 0 Å². The van der Waals surface area contributed by atoms with Crippen LogP contribution < -0.4 is 5.32 Å². The van der Waals surface area contributed by atoms with Gasteiger partial charge in [-0.05, 0) is 57.1 Å². The van der Waals surface area contributed by atoms with Gasteiger partial charge in [-0.1, -0.05) is 12.1 Å². The molecule has 0 spiro atoms. The van der Waals surface area contributed by atoms with Gasteiger partial charge in [0, 0.05) is 12.6 Å². The van der Waals surface area contributed by atoms with Gasteiger partial charge in [0.1, 0.15) is 5.01 Å². The molecule has 1 aromatic carbocycles. The Bertz CT molecular complexity index is 706. The number of hydrogen-bond acceptors (Lipinski definition) is 4. The van der Waals surface area contributed by atoms with E-state index in [9.17, 15) is 9.90 Å². The van der Waals surface area contributed by atoms with E-state index in [1.165, 1.54) is 4.70 Å². The number of nitrogens with one attached hydrogen (secondary N) is 1. The lowest BCUT2D eigenvalue weighted by Gasteiger charge is -2.36. The number of piperidine rings is 1. The molecule has 2 aliphatic rings. The average Bonchev–Trinajstić information content (AvgIpc) is 3.07.